The highest BCUT2D eigenvalue weighted by Crippen LogP contribution is 2.26. The lowest BCUT2D eigenvalue weighted by atomic mass is 9.99. The second-order valence-electron chi connectivity index (χ2n) is 3.55. The molecule has 1 rings (SSSR count). The quantitative estimate of drug-likeness (QED) is 0.642. The van der Waals surface area contributed by atoms with Gasteiger partial charge < -0.3 is 4.42 Å². The third-order valence-corrected chi connectivity index (χ3v) is 1.87. The highest BCUT2D eigenvalue weighted by Gasteiger charge is 2.12. The predicted molar refractivity (Wildman–Crippen MR) is 64.0 cm³/mol. The summed E-state index contributed by atoms with van der Waals surface area (Å²) in [5, 5.41) is 0. The summed E-state index contributed by atoms with van der Waals surface area (Å²) in [6, 6.07) is 2.07. The van der Waals surface area contributed by atoms with E-state index < -0.39 is 0 Å². The molecule has 0 atom stereocenters. The number of hydrogen-bond acceptors (Lipinski definition) is 1. The Kier molecular flexibility index (Phi) is 8.71. The van der Waals surface area contributed by atoms with Crippen molar-refractivity contribution in [3.8, 4) is 0 Å². The SMILES string of the molecule is CC.CC(C)c1ccoc1C(C)C.[B]. The minimum atomic E-state index is 0. The van der Waals surface area contributed by atoms with Gasteiger partial charge in [-0.2, -0.15) is 0 Å². The van der Waals surface area contributed by atoms with Crippen LogP contribution in [0.1, 0.15) is 64.7 Å². The van der Waals surface area contributed by atoms with Crippen LogP contribution in [0.4, 0.5) is 0 Å². The Morgan fingerprint density at radius 1 is 1.00 bits per heavy atom. The van der Waals surface area contributed by atoms with E-state index >= 15 is 0 Å². The topological polar surface area (TPSA) is 13.1 Å². The Morgan fingerprint density at radius 3 is 1.79 bits per heavy atom. The van der Waals surface area contributed by atoms with E-state index in [2.05, 4.69) is 33.8 Å². The minimum Gasteiger partial charge on any atom is -0.469 e. The summed E-state index contributed by atoms with van der Waals surface area (Å²) in [7, 11) is 0. The molecule has 0 saturated heterocycles. The lowest BCUT2D eigenvalue weighted by Gasteiger charge is -2.07. The third-order valence-electron chi connectivity index (χ3n) is 1.87. The molecule has 3 radical (unpaired) electrons. The molecule has 0 aliphatic heterocycles. The Bertz CT molecular complexity index is 203. The van der Waals surface area contributed by atoms with Gasteiger partial charge in [-0.15, -0.1) is 0 Å². The van der Waals surface area contributed by atoms with Crippen LogP contribution in [0, 0.1) is 0 Å². The summed E-state index contributed by atoms with van der Waals surface area (Å²) in [6.45, 7) is 12.7. The van der Waals surface area contributed by atoms with Crippen LogP contribution in [0.2, 0.25) is 0 Å². The molecule has 0 aliphatic carbocycles. The van der Waals surface area contributed by atoms with E-state index in [9.17, 15) is 0 Å². The fourth-order valence-corrected chi connectivity index (χ4v) is 1.28. The maximum absolute atomic E-state index is 5.39. The summed E-state index contributed by atoms with van der Waals surface area (Å²) in [6.07, 6.45) is 1.78. The van der Waals surface area contributed by atoms with Gasteiger partial charge in [0, 0.05) is 14.3 Å². The first-order valence-electron chi connectivity index (χ1n) is 5.20. The molecule has 2 heteroatoms. The van der Waals surface area contributed by atoms with Gasteiger partial charge >= 0.3 is 0 Å². The molecule has 0 spiro atoms. The summed E-state index contributed by atoms with van der Waals surface area (Å²) in [5.41, 5.74) is 1.35. The van der Waals surface area contributed by atoms with Crippen LogP contribution >= 0.6 is 0 Å². The molecule has 0 aromatic carbocycles. The predicted octanol–water partition coefficient (Wildman–Crippen LogP) is 4.17. The smallest absolute Gasteiger partial charge is 0.109 e. The average molecular weight is 193 g/mol. The average Bonchev–Trinajstić information content (AvgIpc) is 2.55. The van der Waals surface area contributed by atoms with Gasteiger partial charge in [-0.3, -0.25) is 0 Å². The van der Waals surface area contributed by atoms with Crippen molar-refractivity contribution in [2.75, 3.05) is 0 Å². The van der Waals surface area contributed by atoms with Gasteiger partial charge in [0.25, 0.3) is 0 Å². The van der Waals surface area contributed by atoms with Crippen molar-refractivity contribution in [3.63, 3.8) is 0 Å². The van der Waals surface area contributed by atoms with Crippen molar-refractivity contribution in [1.29, 1.82) is 0 Å². The highest BCUT2D eigenvalue weighted by molar-refractivity contribution is 5.75. The minimum absolute atomic E-state index is 0. The van der Waals surface area contributed by atoms with Crippen LogP contribution in [0.3, 0.4) is 0 Å². The first-order chi connectivity index (χ1) is 6.13. The fourth-order valence-electron chi connectivity index (χ4n) is 1.28. The van der Waals surface area contributed by atoms with Crippen LogP contribution < -0.4 is 0 Å². The molecule has 0 bridgehead atoms. The van der Waals surface area contributed by atoms with Crippen molar-refractivity contribution in [1.82, 2.24) is 0 Å². The number of rotatable bonds is 2. The molecular formula is C12H22BO. The van der Waals surface area contributed by atoms with Gasteiger partial charge in [0.2, 0.25) is 0 Å². The van der Waals surface area contributed by atoms with E-state index in [-0.39, 0.29) is 8.41 Å². The highest BCUT2D eigenvalue weighted by atomic mass is 16.3. The van der Waals surface area contributed by atoms with E-state index in [1.807, 2.05) is 13.8 Å². The summed E-state index contributed by atoms with van der Waals surface area (Å²) in [5.74, 6) is 2.22. The van der Waals surface area contributed by atoms with Crippen LogP contribution in [0.5, 0.6) is 0 Å². The Labute approximate surface area is 90.5 Å². The molecule has 1 aromatic heterocycles. The normalized spacial score (nSPS) is 9.43. The second-order valence-corrected chi connectivity index (χ2v) is 3.55. The van der Waals surface area contributed by atoms with Crippen LogP contribution in [0.25, 0.3) is 0 Å². The molecule has 1 aromatic rings. The first kappa shape index (κ1) is 15.8. The van der Waals surface area contributed by atoms with E-state index in [0.717, 1.165) is 5.76 Å². The molecule has 0 unspecified atom stereocenters. The van der Waals surface area contributed by atoms with Gasteiger partial charge in [0.05, 0.1) is 6.26 Å². The Morgan fingerprint density at radius 2 is 1.50 bits per heavy atom. The van der Waals surface area contributed by atoms with Crippen molar-refractivity contribution in [2.45, 2.75) is 53.4 Å². The van der Waals surface area contributed by atoms with Crippen LogP contribution in [-0.4, -0.2) is 8.41 Å². The zero-order valence-corrected chi connectivity index (χ0v) is 10.3. The first-order valence-corrected chi connectivity index (χ1v) is 5.20. The van der Waals surface area contributed by atoms with Gasteiger partial charge in [-0.05, 0) is 17.5 Å². The van der Waals surface area contributed by atoms with Crippen molar-refractivity contribution < 1.29 is 4.42 Å². The molecule has 0 saturated carbocycles. The van der Waals surface area contributed by atoms with E-state index in [1.165, 1.54) is 5.56 Å². The molecule has 0 aliphatic rings. The summed E-state index contributed by atoms with van der Waals surface area (Å²) in [4.78, 5) is 0. The Balaban J connectivity index is 0. The molecule has 1 heterocycles. The van der Waals surface area contributed by atoms with Gasteiger partial charge in [-0.25, -0.2) is 0 Å². The zero-order valence-electron chi connectivity index (χ0n) is 10.3. The van der Waals surface area contributed by atoms with Crippen molar-refractivity contribution in [2.24, 2.45) is 0 Å². The van der Waals surface area contributed by atoms with Crippen LogP contribution in [0.15, 0.2) is 16.7 Å². The monoisotopic (exact) mass is 193 g/mol. The third kappa shape index (κ3) is 4.04. The molecule has 14 heavy (non-hydrogen) atoms. The van der Waals surface area contributed by atoms with E-state index in [1.54, 1.807) is 6.26 Å². The van der Waals surface area contributed by atoms with Gasteiger partial charge in [0.15, 0.2) is 0 Å². The standard InChI is InChI=1S/C10H16O.C2H6.B/c1-7(2)9-5-6-11-10(9)8(3)4;1-2;/h5-8H,1-4H3;1-2H3;. The van der Waals surface area contributed by atoms with Crippen molar-refractivity contribution in [3.05, 3.63) is 23.7 Å². The van der Waals surface area contributed by atoms with Gasteiger partial charge in [-0.1, -0.05) is 41.5 Å². The van der Waals surface area contributed by atoms with E-state index in [0.29, 0.717) is 11.8 Å². The summed E-state index contributed by atoms with van der Waals surface area (Å²) >= 11 is 0. The number of hydrogen-bond donors (Lipinski definition) is 0. The van der Waals surface area contributed by atoms with Gasteiger partial charge in [0.1, 0.15) is 5.76 Å². The largest absolute Gasteiger partial charge is 0.469 e. The molecular weight excluding hydrogens is 171 g/mol. The van der Waals surface area contributed by atoms with E-state index in [4.69, 9.17) is 4.42 Å². The molecule has 1 nitrogen and oxygen atoms in total. The maximum Gasteiger partial charge on any atom is 0.109 e. The molecule has 0 N–H and O–H groups in total. The zero-order chi connectivity index (χ0) is 10.4. The van der Waals surface area contributed by atoms with Crippen LogP contribution in [-0.2, 0) is 0 Å². The molecule has 0 amide bonds. The molecule has 79 valence electrons. The van der Waals surface area contributed by atoms with Crippen molar-refractivity contribution >= 4 is 8.41 Å². The molecule has 0 fully saturated rings. The lowest BCUT2D eigenvalue weighted by molar-refractivity contribution is 0.479. The number of furan rings is 1. The summed E-state index contributed by atoms with van der Waals surface area (Å²) < 4.78 is 5.39. The second kappa shape index (κ2) is 7.72. The maximum atomic E-state index is 5.39. The fraction of sp³-hybridized carbons (Fsp3) is 0.667. The lowest BCUT2D eigenvalue weighted by Crippen LogP contribution is -1.93. The Hall–Kier alpha value is -0.655.